The molecule has 0 saturated carbocycles. The van der Waals surface area contributed by atoms with E-state index in [9.17, 15) is 4.79 Å². The lowest BCUT2D eigenvalue weighted by Gasteiger charge is -2.31. The summed E-state index contributed by atoms with van der Waals surface area (Å²) in [6.07, 6.45) is 0. The first-order valence-corrected chi connectivity index (χ1v) is 4.57. The zero-order valence-corrected chi connectivity index (χ0v) is 8.90. The smallest absolute Gasteiger partial charge is 0.324 e. The second-order valence-corrected chi connectivity index (χ2v) is 3.51. The molecule has 1 aromatic rings. The minimum absolute atomic E-state index is 0.118. The Morgan fingerprint density at radius 2 is 1.80 bits per heavy atom. The lowest BCUT2D eigenvalue weighted by Crippen LogP contribution is -2.51. The van der Waals surface area contributed by atoms with Crippen LogP contribution >= 0.6 is 23.2 Å². The van der Waals surface area contributed by atoms with Crippen LogP contribution in [0, 0.1) is 0 Å². The van der Waals surface area contributed by atoms with Gasteiger partial charge < -0.3 is 10.2 Å². The summed E-state index contributed by atoms with van der Waals surface area (Å²) in [7, 11) is 4.95. The number of rotatable bonds is 2. The molecular formula is C8H6BCl2NO3. The largest absolute Gasteiger partial charge is 0.357 e. The van der Waals surface area contributed by atoms with Gasteiger partial charge in [0.1, 0.15) is 0 Å². The number of halogens is 2. The molecule has 4 nitrogen and oxygen atoms in total. The first-order chi connectivity index (χ1) is 6.82. The van der Waals surface area contributed by atoms with Crippen molar-refractivity contribution in [3.8, 4) is 0 Å². The van der Waals surface area contributed by atoms with E-state index >= 15 is 0 Å². The first-order valence-electron chi connectivity index (χ1n) is 3.81. The topological polar surface area (TPSA) is 60.8 Å². The molecule has 1 aromatic carbocycles. The van der Waals surface area contributed by atoms with Gasteiger partial charge in [-0.3, -0.25) is 9.69 Å². The molecule has 0 aliphatic carbocycles. The van der Waals surface area contributed by atoms with Crippen molar-refractivity contribution >= 4 is 42.1 Å². The third-order valence-corrected chi connectivity index (χ3v) is 2.01. The summed E-state index contributed by atoms with van der Waals surface area (Å²) < 4.78 is 0. The fourth-order valence-corrected chi connectivity index (χ4v) is 1.36. The van der Waals surface area contributed by atoms with E-state index in [1.807, 2.05) is 0 Å². The summed E-state index contributed by atoms with van der Waals surface area (Å²) in [4.78, 5) is 11.3. The fourth-order valence-electron chi connectivity index (χ4n) is 1.01. The maximum absolute atomic E-state index is 10.9. The Labute approximate surface area is 97.4 Å². The molecule has 0 saturated heterocycles. The monoisotopic (exact) mass is 245 g/mol. The predicted molar refractivity (Wildman–Crippen MR) is 58.1 cm³/mol. The van der Waals surface area contributed by atoms with E-state index in [1.165, 1.54) is 24.3 Å². The predicted octanol–water partition coefficient (Wildman–Crippen LogP) is 1.27. The molecule has 2 radical (unpaired) electrons. The van der Waals surface area contributed by atoms with Gasteiger partial charge in [0, 0.05) is 10.7 Å². The van der Waals surface area contributed by atoms with Crippen LogP contribution in [0.25, 0.3) is 0 Å². The van der Waals surface area contributed by atoms with E-state index in [1.54, 1.807) is 0 Å². The standard InChI is InChI=1S/C8H6BCl2NO3/c9-8(14,15)12(7(11)13)6-3-1-5(10)2-4-6/h1-4,14-15H. The number of hydrogen-bond donors (Lipinski definition) is 2. The summed E-state index contributed by atoms with van der Waals surface area (Å²) in [5.41, 5.74) is 0.118. The van der Waals surface area contributed by atoms with Crippen LogP contribution in [0.2, 0.25) is 5.02 Å². The molecule has 0 spiro atoms. The van der Waals surface area contributed by atoms with E-state index in [-0.39, 0.29) is 5.69 Å². The molecule has 1 amide bonds. The Balaban J connectivity index is 3.11. The molecule has 7 heteroatoms. The van der Waals surface area contributed by atoms with Crippen molar-refractivity contribution in [1.82, 2.24) is 0 Å². The average Bonchev–Trinajstić information content (AvgIpc) is 2.05. The van der Waals surface area contributed by atoms with Crippen LogP contribution in [0.15, 0.2) is 24.3 Å². The molecule has 0 fully saturated rings. The molecule has 0 heterocycles. The molecule has 0 atom stereocenters. The zero-order chi connectivity index (χ0) is 11.6. The molecule has 1 rings (SSSR count). The van der Waals surface area contributed by atoms with E-state index in [2.05, 4.69) is 0 Å². The van der Waals surface area contributed by atoms with Gasteiger partial charge in [-0.05, 0) is 35.9 Å². The van der Waals surface area contributed by atoms with Crippen LogP contribution in [0.4, 0.5) is 10.5 Å². The summed E-state index contributed by atoms with van der Waals surface area (Å²) >= 11 is 10.8. The minimum Gasteiger partial charge on any atom is -0.357 e. The number of hydrogen-bond acceptors (Lipinski definition) is 3. The molecular weight excluding hydrogens is 240 g/mol. The molecule has 15 heavy (non-hydrogen) atoms. The van der Waals surface area contributed by atoms with Crippen LogP contribution in [-0.2, 0) is 0 Å². The van der Waals surface area contributed by atoms with Crippen LogP contribution in [0.5, 0.6) is 0 Å². The van der Waals surface area contributed by atoms with E-state index < -0.39 is 11.2 Å². The maximum atomic E-state index is 10.9. The average molecular weight is 246 g/mol. The third-order valence-electron chi connectivity index (χ3n) is 1.59. The first kappa shape index (κ1) is 12.3. The van der Waals surface area contributed by atoms with Crippen LogP contribution in [-0.4, -0.2) is 29.2 Å². The summed E-state index contributed by atoms with van der Waals surface area (Å²) in [5, 5.41) is 17.5. The zero-order valence-electron chi connectivity index (χ0n) is 7.39. The third kappa shape index (κ3) is 3.10. The lowest BCUT2D eigenvalue weighted by atomic mass is 10.0. The van der Waals surface area contributed by atoms with Crippen molar-refractivity contribution in [2.45, 2.75) is 5.81 Å². The number of aliphatic hydroxyl groups is 2. The van der Waals surface area contributed by atoms with Gasteiger partial charge >= 0.3 is 5.37 Å². The number of carbonyl (C=O) groups is 1. The minimum atomic E-state index is -2.85. The van der Waals surface area contributed by atoms with Gasteiger partial charge in [0.15, 0.2) is 13.7 Å². The van der Waals surface area contributed by atoms with Gasteiger partial charge in [-0.1, -0.05) is 11.6 Å². The number of amides is 1. The van der Waals surface area contributed by atoms with Gasteiger partial charge in [0.2, 0.25) is 0 Å². The summed E-state index contributed by atoms with van der Waals surface area (Å²) in [6, 6.07) is 5.65. The van der Waals surface area contributed by atoms with Gasteiger partial charge in [0.05, 0.1) is 0 Å². The Morgan fingerprint density at radius 3 is 2.13 bits per heavy atom. The van der Waals surface area contributed by atoms with Crippen LogP contribution in [0.3, 0.4) is 0 Å². The van der Waals surface area contributed by atoms with Crippen molar-refractivity contribution in [1.29, 1.82) is 0 Å². The highest BCUT2D eigenvalue weighted by atomic mass is 35.5. The van der Waals surface area contributed by atoms with Crippen molar-refractivity contribution in [2.24, 2.45) is 0 Å². The molecule has 0 aliphatic heterocycles. The highest BCUT2D eigenvalue weighted by Gasteiger charge is 2.30. The second kappa shape index (κ2) is 4.41. The molecule has 0 bridgehead atoms. The van der Waals surface area contributed by atoms with Crippen molar-refractivity contribution in [3.05, 3.63) is 29.3 Å². The Hall–Kier alpha value is -0.745. The molecule has 0 unspecified atom stereocenters. The summed E-state index contributed by atoms with van der Waals surface area (Å²) in [5.74, 6) is -2.85. The Morgan fingerprint density at radius 1 is 1.33 bits per heavy atom. The Bertz CT molecular complexity index is 363. The fraction of sp³-hybridized carbons (Fsp3) is 0.125. The summed E-state index contributed by atoms with van der Waals surface area (Å²) in [6.45, 7) is 0. The van der Waals surface area contributed by atoms with Crippen LogP contribution < -0.4 is 4.90 Å². The SMILES string of the molecule is [B]C(O)(O)N(C(=O)Cl)c1ccc(Cl)cc1. The van der Waals surface area contributed by atoms with E-state index in [0.717, 1.165) is 0 Å². The molecule has 2 N–H and O–H groups in total. The Kier molecular flexibility index (Phi) is 3.62. The second-order valence-electron chi connectivity index (χ2n) is 2.75. The van der Waals surface area contributed by atoms with Crippen molar-refractivity contribution < 1.29 is 15.0 Å². The highest BCUT2D eigenvalue weighted by molar-refractivity contribution is 6.66. The van der Waals surface area contributed by atoms with Gasteiger partial charge in [-0.25, -0.2) is 0 Å². The molecule has 0 aliphatic rings. The number of anilines is 1. The quantitative estimate of drug-likeness (QED) is 0.357. The number of benzene rings is 1. The molecule has 78 valence electrons. The molecule has 0 aromatic heterocycles. The number of carbonyl (C=O) groups excluding carboxylic acids is 1. The van der Waals surface area contributed by atoms with Gasteiger partial charge in [-0.2, -0.15) is 0 Å². The van der Waals surface area contributed by atoms with Crippen molar-refractivity contribution in [3.63, 3.8) is 0 Å². The van der Waals surface area contributed by atoms with Crippen molar-refractivity contribution in [2.75, 3.05) is 4.90 Å². The van der Waals surface area contributed by atoms with Gasteiger partial charge in [0.25, 0.3) is 0 Å². The maximum Gasteiger partial charge on any atom is 0.324 e. The highest BCUT2D eigenvalue weighted by Crippen LogP contribution is 2.23. The van der Waals surface area contributed by atoms with E-state index in [4.69, 9.17) is 41.3 Å². The lowest BCUT2D eigenvalue weighted by molar-refractivity contribution is -0.0772. The van der Waals surface area contributed by atoms with Crippen LogP contribution in [0.1, 0.15) is 0 Å². The van der Waals surface area contributed by atoms with Gasteiger partial charge in [-0.15, -0.1) is 0 Å². The normalized spacial score (nSPS) is 11.2. The number of nitrogens with zero attached hydrogens (tertiary/aromatic N) is 1. The van der Waals surface area contributed by atoms with E-state index in [0.29, 0.717) is 9.92 Å².